The van der Waals surface area contributed by atoms with Crippen molar-refractivity contribution in [3.05, 3.63) is 205 Å². The summed E-state index contributed by atoms with van der Waals surface area (Å²) in [4.78, 5) is 0. The number of hydrogen-bond acceptors (Lipinski definition) is 0. The van der Waals surface area contributed by atoms with Crippen LogP contribution < -0.4 is 0 Å². The summed E-state index contributed by atoms with van der Waals surface area (Å²) in [5.41, 5.74) is 11.9. The maximum atomic E-state index is 2.36. The standard InChI is InChI=1S/C50H34N2/c1-3-13-45(14-4-1)51-47-17-9-7-11-41(47)33-49(51)43-27-25-37-29-35(21-23-39(37)31-43)19-20-36-22-24-40-32-44(28-26-38(40)30-36)50-34-42-12-8-10-18-48(42)52(50)46-15-5-2-6-16-46/h1-34H/b20-19+. The van der Waals surface area contributed by atoms with Crippen molar-refractivity contribution in [2.45, 2.75) is 0 Å². The van der Waals surface area contributed by atoms with Crippen molar-refractivity contribution < 1.29 is 0 Å². The lowest BCUT2D eigenvalue weighted by Crippen LogP contribution is -1.96. The smallest absolute Gasteiger partial charge is 0.0541 e. The molecule has 0 aliphatic carbocycles. The number of fused-ring (bicyclic) bond motifs is 4. The highest BCUT2D eigenvalue weighted by atomic mass is 15.0. The quantitative estimate of drug-likeness (QED) is 0.157. The van der Waals surface area contributed by atoms with Crippen molar-refractivity contribution in [2.24, 2.45) is 0 Å². The Morgan fingerprint density at radius 1 is 0.288 bits per heavy atom. The molecule has 0 spiro atoms. The predicted molar refractivity (Wildman–Crippen MR) is 221 cm³/mol. The molecule has 0 N–H and O–H groups in total. The predicted octanol–water partition coefficient (Wildman–Crippen LogP) is 13.4. The normalized spacial score (nSPS) is 11.8. The van der Waals surface area contributed by atoms with Crippen LogP contribution in [0.2, 0.25) is 0 Å². The lowest BCUT2D eigenvalue weighted by molar-refractivity contribution is 1.13. The van der Waals surface area contributed by atoms with Crippen molar-refractivity contribution in [3.63, 3.8) is 0 Å². The van der Waals surface area contributed by atoms with Gasteiger partial charge in [-0.05, 0) is 117 Å². The van der Waals surface area contributed by atoms with Crippen LogP contribution in [0.25, 0.3) is 89.4 Å². The highest BCUT2D eigenvalue weighted by molar-refractivity contribution is 5.95. The van der Waals surface area contributed by atoms with Crippen LogP contribution in [0.15, 0.2) is 194 Å². The molecule has 0 saturated heterocycles. The Balaban J connectivity index is 0.943. The van der Waals surface area contributed by atoms with Crippen LogP contribution in [0.1, 0.15) is 11.1 Å². The molecule has 0 atom stereocenters. The molecular formula is C50H34N2. The van der Waals surface area contributed by atoms with E-state index in [1.54, 1.807) is 0 Å². The van der Waals surface area contributed by atoms with Gasteiger partial charge < -0.3 is 9.13 Å². The third-order valence-corrected chi connectivity index (χ3v) is 10.2. The highest BCUT2D eigenvalue weighted by Crippen LogP contribution is 2.35. The van der Waals surface area contributed by atoms with E-state index in [0.717, 1.165) is 0 Å². The van der Waals surface area contributed by atoms with Crippen LogP contribution in [-0.2, 0) is 0 Å². The van der Waals surface area contributed by atoms with Crippen molar-refractivity contribution in [3.8, 4) is 33.9 Å². The van der Waals surface area contributed by atoms with Crippen LogP contribution in [-0.4, -0.2) is 9.13 Å². The Labute approximate surface area is 302 Å². The van der Waals surface area contributed by atoms with Gasteiger partial charge in [0.2, 0.25) is 0 Å². The molecule has 0 fully saturated rings. The number of benzene rings is 8. The molecule has 2 heteroatoms. The summed E-state index contributed by atoms with van der Waals surface area (Å²) < 4.78 is 4.73. The van der Waals surface area contributed by atoms with Crippen LogP contribution in [0.4, 0.5) is 0 Å². The molecule has 0 aliphatic heterocycles. The van der Waals surface area contributed by atoms with Crippen LogP contribution in [0.3, 0.4) is 0 Å². The van der Waals surface area contributed by atoms with Crippen molar-refractivity contribution in [1.29, 1.82) is 0 Å². The summed E-state index contributed by atoms with van der Waals surface area (Å²) in [6.45, 7) is 0. The van der Waals surface area contributed by atoms with E-state index >= 15 is 0 Å². The summed E-state index contributed by atoms with van der Waals surface area (Å²) in [6, 6.07) is 70.2. The average molecular weight is 663 g/mol. The van der Waals surface area contributed by atoms with E-state index in [0.29, 0.717) is 0 Å². The van der Waals surface area contributed by atoms with Gasteiger partial charge in [-0.15, -0.1) is 0 Å². The third-order valence-electron chi connectivity index (χ3n) is 10.2. The maximum absolute atomic E-state index is 2.36. The number of para-hydroxylation sites is 4. The van der Waals surface area contributed by atoms with Crippen LogP contribution >= 0.6 is 0 Å². The first-order chi connectivity index (χ1) is 25.7. The molecule has 10 rings (SSSR count). The SMILES string of the molecule is C(=C\c1ccc2cc(-c3cc4ccccc4n3-c3ccccc3)ccc2c1)/c1ccc2cc(-c3cc4ccccc4n3-c3ccccc3)ccc2c1. The zero-order valence-corrected chi connectivity index (χ0v) is 28.5. The minimum atomic E-state index is 1.17. The molecule has 0 saturated carbocycles. The molecule has 0 bridgehead atoms. The summed E-state index contributed by atoms with van der Waals surface area (Å²) in [5.74, 6) is 0. The molecule has 2 heterocycles. The van der Waals surface area contributed by atoms with Crippen LogP contribution in [0, 0.1) is 0 Å². The molecule has 52 heavy (non-hydrogen) atoms. The van der Waals surface area contributed by atoms with Gasteiger partial charge in [-0.2, -0.15) is 0 Å². The zero-order chi connectivity index (χ0) is 34.4. The van der Waals surface area contributed by atoms with Crippen molar-refractivity contribution >= 4 is 55.5 Å². The van der Waals surface area contributed by atoms with Gasteiger partial charge in [0.15, 0.2) is 0 Å². The zero-order valence-electron chi connectivity index (χ0n) is 28.5. The van der Waals surface area contributed by atoms with E-state index in [4.69, 9.17) is 0 Å². The average Bonchev–Trinajstić information content (AvgIpc) is 3.80. The van der Waals surface area contributed by atoms with Gasteiger partial charge in [0.25, 0.3) is 0 Å². The molecule has 2 aromatic heterocycles. The molecule has 2 nitrogen and oxygen atoms in total. The molecule has 8 aromatic carbocycles. The molecule has 0 unspecified atom stereocenters. The number of hydrogen-bond donors (Lipinski definition) is 0. The fraction of sp³-hybridized carbons (Fsp3) is 0. The molecular weight excluding hydrogens is 629 g/mol. The monoisotopic (exact) mass is 662 g/mol. The van der Waals surface area contributed by atoms with Crippen molar-refractivity contribution in [1.82, 2.24) is 9.13 Å². The minimum Gasteiger partial charge on any atom is -0.309 e. The first-order valence-electron chi connectivity index (χ1n) is 17.8. The highest BCUT2D eigenvalue weighted by Gasteiger charge is 2.14. The Hall–Kier alpha value is -6.90. The van der Waals surface area contributed by atoms with Gasteiger partial charge in [-0.3, -0.25) is 0 Å². The fourth-order valence-electron chi connectivity index (χ4n) is 7.69. The van der Waals surface area contributed by atoms with Crippen molar-refractivity contribution in [2.75, 3.05) is 0 Å². The topological polar surface area (TPSA) is 9.86 Å². The Bertz CT molecular complexity index is 2740. The van der Waals surface area contributed by atoms with E-state index < -0.39 is 0 Å². The largest absolute Gasteiger partial charge is 0.309 e. The number of nitrogens with zero attached hydrogens (tertiary/aromatic N) is 2. The molecule has 0 radical (unpaired) electrons. The summed E-state index contributed by atoms with van der Waals surface area (Å²) in [7, 11) is 0. The third kappa shape index (κ3) is 5.30. The summed E-state index contributed by atoms with van der Waals surface area (Å²) in [5, 5.41) is 7.39. The fourth-order valence-corrected chi connectivity index (χ4v) is 7.69. The first kappa shape index (κ1) is 30.0. The summed E-state index contributed by atoms with van der Waals surface area (Å²) >= 11 is 0. The minimum absolute atomic E-state index is 1.17. The Morgan fingerprint density at radius 2 is 0.673 bits per heavy atom. The van der Waals surface area contributed by atoms with Crippen LogP contribution in [0.5, 0.6) is 0 Å². The molecule has 244 valence electrons. The molecule has 10 aromatic rings. The van der Waals surface area contributed by atoms with Gasteiger partial charge in [-0.25, -0.2) is 0 Å². The first-order valence-corrected chi connectivity index (χ1v) is 17.8. The van der Waals surface area contributed by atoms with Gasteiger partial charge >= 0.3 is 0 Å². The molecule has 0 aliphatic rings. The van der Waals surface area contributed by atoms with E-state index in [1.165, 1.54) is 88.4 Å². The second kappa shape index (κ2) is 12.5. The lowest BCUT2D eigenvalue weighted by atomic mass is 10.0. The Kier molecular flexibility index (Phi) is 7.18. The van der Waals surface area contributed by atoms with Gasteiger partial charge in [0.1, 0.15) is 0 Å². The number of rotatable bonds is 6. The second-order valence-corrected chi connectivity index (χ2v) is 13.5. The lowest BCUT2D eigenvalue weighted by Gasteiger charge is -2.12. The van der Waals surface area contributed by atoms with E-state index in [1.807, 2.05) is 0 Å². The van der Waals surface area contributed by atoms with Gasteiger partial charge in [0, 0.05) is 22.1 Å². The maximum Gasteiger partial charge on any atom is 0.0541 e. The second-order valence-electron chi connectivity index (χ2n) is 13.5. The Morgan fingerprint density at radius 3 is 1.13 bits per heavy atom. The van der Waals surface area contributed by atoms with E-state index in [2.05, 4.69) is 215 Å². The van der Waals surface area contributed by atoms with E-state index in [-0.39, 0.29) is 0 Å². The van der Waals surface area contributed by atoms with Gasteiger partial charge in [0.05, 0.1) is 22.4 Å². The van der Waals surface area contributed by atoms with Gasteiger partial charge in [-0.1, -0.05) is 133 Å². The molecule has 0 amide bonds. The summed E-state index contributed by atoms with van der Waals surface area (Å²) in [6.07, 6.45) is 4.43. The van der Waals surface area contributed by atoms with E-state index in [9.17, 15) is 0 Å². The number of aromatic nitrogens is 2.